The summed E-state index contributed by atoms with van der Waals surface area (Å²) in [6, 6.07) is 22.3. The minimum Gasteiger partial charge on any atom is -0.497 e. The molecule has 0 heterocycles. The van der Waals surface area contributed by atoms with Gasteiger partial charge in [0.15, 0.2) is 0 Å². The number of ether oxygens (including phenoxy) is 2. The second-order valence-corrected chi connectivity index (χ2v) is 5.47. The zero-order valence-electron chi connectivity index (χ0n) is 14.1. The third-order valence-corrected chi connectivity index (χ3v) is 3.66. The minimum absolute atomic E-state index is 0.202. The number of rotatable bonds is 5. The zero-order chi connectivity index (χ0) is 18.4. The lowest BCUT2D eigenvalue weighted by molar-refractivity contribution is 0.0734. The van der Waals surface area contributed by atoms with E-state index in [4.69, 9.17) is 9.47 Å². The molecule has 0 fully saturated rings. The summed E-state index contributed by atoms with van der Waals surface area (Å²) >= 11 is 0. The van der Waals surface area contributed by atoms with E-state index in [9.17, 15) is 9.59 Å². The number of nitrogens with one attached hydrogen (secondary N) is 1. The molecule has 26 heavy (non-hydrogen) atoms. The van der Waals surface area contributed by atoms with Crippen molar-refractivity contribution in [3.8, 4) is 11.5 Å². The zero-order valence-corrected chi connectivity index (χ0v) is 14.1. The van der Waals surface area contributed by atoms with Crippen LogP contribution in [0.1, 0.15) is 20.7 Å². The molecule has 0 aliphatic rings. The van der Waals surface area contributed by atoms with Crippen molar-refractivity contribution in [2.45, 2.75) is 0 Å². The number of methoxy groups -OCH3 is 1. The van der Waals surface area contributed by atoms with Gasteiger partial charge in [-0.3, -0.25) is 4.79 Å². The van der Waals surface area contributed by atoms with Gasteiger partial charge in [0, 0.05) is 11.3 Å². The molecule has 0 aliphatic heterocycles. The van der Waals surface area contributed by atoms with Crippen LogP contribution in [-0.4, -0.2) is 19.0 Å². The van der Waals surface area contributed by atoms with Crippen molar-refractivity contribution in [2.75, 3.05) is 12.4 Å². The third-order valence-electron chi connectivity index (χ3n) is 3.66. The van der Waals surface area contributed by atoms with E-state index in [1.54, 1.807) is 72.8 Å². The van der Waals surface area contributed by atoms with E-state index in [2.05, 4.69) is 5.32 Å². The van der Waals surface area contributed by atoms with Crippen molar-refractivity contribution < 1.29 is 19.1 Å². The van der Waals surface area contributed by atoms with Crippen molar-refractivity contribution in [3.05, 3.63) is 90.0 Å². The molecule has 0 spiro atoms. The van der Waals surface area contributed by atoms with E-state index in [0.717, 1.165) is 0 Å². The lowest BCUT2D eigenvalue weighted by Crippen LogP contribution is -2.12. The van der Waals surface area contributed by atoms with E-state index >= 15 is 0 Å². The quantitative estimate of drug-likeness (QED) is 0.556. The predicted molar refractivity (Wildman–Crippen MR) is 98.8 cm³/mol. The van der Waals surface area contributed by atoms with Crippen LogP contribution in [0.5, 0.6) is 11.5 Å². The lowest BCUT2D eigenvalue weighted by atomic mass is 10.2. The Balaban J connectivity index is 1.64. The van der Waals surface area contributed by atoms with Crippen molar-refractivity contribution in [1.82, 2.24) is 0 Å². The molecule has 3 aromatic carbocycles. The van der Waals surface area contributed by atoms with Gasteiger partial charge in [-0.1, -0.05) is 24.3 Å². The van der Waals surface area contributed by atoms with Gasteiger partial charge in [-0.2, -0.15) is 0 Å². The van der Waals surface area contributed by atoms with Crippen molar-refractivity contribution >= 4 is 17.6 Å². The molecule has 0 radical (unpaired) electrons. The van der Waals surface area contributed by atoms with E-state index in [-0.39, 0.29) is 5.91 Å². The fourth-order valence-electron chi connectivity index (χ4n) is 2.32. The standard InChI is InChI=1S/C21H17NO4/c1-25-19-9-5-8-16(14-19)21(24)26-18-12-10-17(11-13-18)22-20(23)15-6-3-2-4-7-15/h2-14H,1H3,(H,22,23). The highest BCUT2D eigenvalue weighted by Crippen LogP contribution is 2.19. The van der Waals surface area contributed by atoms with Gasteiger partial charge in [0.1, 0.15) is 11.5 Å². The highest BCUT2D eigenvalue weighted by molar-refractivity contribution is 6.04. The summed E-state index contributed by atoms with van der Waals surface area (Å²) in [4.78, 5) is 24.3. The van der Waals surface area contributed by atoms with Gasteiger partial charge in [-0.05, 0) is 54.6 Å². The van der Waals surface area contributed by atoms with Gasteiger partial charge in [0.25, 0.3) is 5.91 Å². The largest absolute Gasteiger partial charge is 0.497 e. The number of anilines is 1. The van der Waals surface area contributed by atoms with Crippen LogP contribution >= 0.6 is 0 Å². The first-order valence-electron chi connectivity index (χ1n) is 7.98. The van der Waals surface area contributed by atoms with E-state index in [0.29, 0.717) is 28.3 Å². The first kappa shape index (κ1) is 17.2. The van der Waals surface area contributed by atoms with Gasteiger partial charge in [-0.25, -0.2) is 4.79 Å². The second-order valence-electron chi connectivity index (χ2n) is 5.47. The molecule has 1 N–H and O–H groups in total. The Kier molecular flexibility index (Phi) is 5.29. The highest BCUT2D eigenvalue weighted by atomic mass is 16.5. The molecule has 1 amide bonds. The molecule has 5 heteroatoms. The van der Waals surface area contributed by atoms with E-state index in [1.165, 1.54) is 7.11 Å². The average molecular weight is 347 g/mol. The van der Waals surface area contributed by atoms with Crippen molar-refractivity contribution in [1.29, 1.82) is 0 Å². The molecule has 0 atom stereocenters. The summed E-state index contributed by atoms with van der Waals surface area (Å²) in [6.07, 6.45) is 0. The van der Waals surface area contributed by atoms with Crippen LogP contribution in [0.3, 0.4) is 0 Å². The minimum atomic E-state index is -0.482. The lowest BCUT2D eigenvalue weighted by Gasteiger charge is -2.08. The highest BCUT2D eigenvalue weighted by Gasteiger charge is 2.10. The van der Waals surface area contributed by atoms with Crippen LogP contribution in [0.25, 0.3) is 0 Å². The van der Waals surface area contributed by atoms with Crippen LogP contribution in [0.15, 0.2) is 78.9 Å². The summed E-state index contributed by atoms with van der Waals surface area (Å²) in [5.74, 6) is 0.283. The molecule has 3 aromatic rings. The maximum atomic E-state index is 12.2. The van der Waals surface area contributed by atoms with Gasteiger partial charge < -0.3 is 14.8 Å². The van der Waals surface area contributed by atoms with Crippen LogP contribution in [0.4, 0.5) is 5.69 Å². The van der Waals surface area contributed by atoms with Crippen LogP contribution in [-0.2, 0) is 0 Å². The summed E-state index contributed by atoms with van der Waals surface area (Å²) in [7, 11) is 1.53. The smallest absolute Gasteiger partial charge is 0.343 e. The number of carbonyl (C=O) groups excluding carboxylic acids is 2. The number of hydrogen-bond acceptors (Lipinski definition) is 4. The van der Waals surface area contributed by atoms with Crippen LogP contribution < -0.4 is 14.8 Å². The van der Waals surface area contributed by atoms with Gasteiger partial charge in [0.05, 0.1) is 12.7 Å². The Hall–Kier alpha value is -3.60. The Morgan fingerprint density at radius 3 is 2.15 bits per heavy atom. The monoisotopic (exact) mass is 347 g/mol. The predicted octanol–water partition coefficient (Wildman–Crippen LogP) is 4.17. The van der Waals surface area contributed by atoms with Gasteiger partial charge >= 0.3 is 5.97 Å². The molecule has 0 saturated heterocycles. The molecular weight excluding hydrogens is 330 g/mol. The molecule has 0 aromatic heterocycles. The summed E-state index contributed by atoms with van der Waals surface area (Å²) in [5.41, 5.74) is 1.58. The third kappa shape index (κ3) is 4.27. The van der Waals surface area contributed by atoms with Gasteiger partial charge in [-0.15, -0.1) is 0 Å². The summed E-state index contributed by atoms with van der Waals surface area (Å²) < 4.78 is 10.4. The first-order valence-corrected chi connectivity index (χ1v) is 7.98. The molecule has 0 saturated carbocycles. The molecule has 0 aliphatic carbocycles. The number of benzene rings is 3. The summed E-state index contributed by atoms with van der Waals surface area (Å²) in [6.45, 7) is 0. The normalized spacial score (nSPS) is 10.0. The van der Waals surface area contributed by atoms with Crippen molar-refractivity contribution in [3.63, 3.8) is 0 Å². The average Bonchev–Trinajstić information content (AvgIpc) is 2.70. The number of carbonyl (C=O) groups is 2. The van der Waals surface area contributed by atoms with Crippen LogP contribution in [0, 0.1) is 0 Å². The topological polar surface area (TPSA) is 64.6 Å². The fourth-order valence-corrected chi connectivity index (χ4v) is 2.32. The van der Waals surface area contributed by atoms with Gasteiger partial charge in [0.2, 0.25) is 0 Å². The van der Waals surface area contributed by atoms with Crippen molar-refractivity contribution in [2.24, 2.45) is 0 Å². The maximum Gasteiger partial charge on any atom is 0.343 e. The molecule has 0 bridgehead atoms. The Labute approximate surface area is 151 Å². The Bertz CT molecular complexity index is 905. The molecule has 130 valence electrons. The fraction of sp³-hybridized carbons (Fsp3) is 0.0476. The molecular formula is C21H17NO4. The Morgan fingerprint density at radius 2 is 1.46 bits per heavy atom. The SMILES string of the molecule is COc1cccc(C(=O)Oc2ccc(NC(=O)c3ccccc3)cc2)c1. The molecule has 5 nitrogen and oxygen atoms in total. The van der Waals surface area contributed by atoms with E-state index < -0.39 is 5.97 Å². The Morgan fingerprint density at radius 1 is 0.769 bits per heavy atom. The van der Waals surface area contributed by atoms with Crippen LogP contribution in [0.2, 0.25) is 0 Å². The molecule has 0 unspecified atom stereocenters. The van der Waals surface area contributed by atoms with E-state index in [1.807, 2.05) is 6.07 Å². The summed E-state index contributed by atoms with van der Waals surface area (Å²) in [5, 5.41) is 2.79. The first-order chi connectivity index (χ1) is 12.7. The number of esters is 1. The maximum absolute atomic E-state index is 12.2. The number of hydrogen-bond donors (Lipinski definition) is 1. The molecule has 3 rings (SSSR count). The second kappa shape index (κ2) is 7.98. The number of amides is 1.